The van der Waals surface area contributed by atoms with Crippen molar-refractivity contribution in [3.63, 3.8) is 0 Å². The van der Waals surface area contributed by atoms with Gasteiger partial charge < -0.3 is 0 Å². The summed E-state index contributed by atoms with van der Waals surface area (Å²) < 4.78 is 1.43. The average molecular weight is 198 g/mol. The molecule has 2 rings (SSSR count). The monoisotopic (exact) mass is 199 g/mol. The molecule has 0 radical (unpaired) electrons. The zero-order chi connectivity index (χ0) is 6.97. The second-order valence-corrected chi connectivity index (χ2v) is 3.61. The Hall–Kier alpha value is -0.301. The number of hydrogen-bond acceptors (Lipinski definition) is 0. The summed E-state index contributed by atoms with van der Waals surface area (Å²) in [6.07, 6.45) is 1.22. The van der Waals surface area contributed by atoms with Gasteiger partial charge in [0.25, 0.3) is 0 Å². The first-order valence-electron chi connectivity index (χ1n) is 3.49. The summed E-state index contributed by atoms with van der Waals surface area (Å²) in [6, 6.07) is 8.60. The van der Waals surface area contributed by atoms with Gasteiger partial charge in [0.1, 0.15) is 0 Å². The van der Waals surface area contributed by atoms with Gasteiger partial charge in [0.15, 0.2) is 0 Å². The zero-order valence-corrected chi connectivity index (χ0v) is 7.34. The van der Waals surface area contributed by atoms with Gasteiger partial charge >= 0.3 is 68.6 Å². The van der Waals surface area contributed by atoms with Gasteiger partial charge in [-0.05, 0) is 0 Å². The first-order valence-corrected chi connectivity index (χ1v) is 4.35. The van der Waals surface area contributed by atoms with Crippen molar-refractivity contribution in [2.75, 3.05) is 6.54 Å². The molecule has 0 amide bonds. The first-order chi connectivity index (χ1) is 4.88. The van der Waals surface area contributed by atoms with Crippen LogP contribution in [-0.4, -0.2) is 22.8 Å². The summed E-state index contributed by atoms with van der Waals surface area (Å²) in [5.74, 6) is 0. The van der Waals surface area contributed by atoms with Gasteiger partial charge in [-0.2, -0.15) is 0 Å². The molecule has 52 valence electrons. The summed E-state index contributed by atoms with van der Waals surface area (Å²) in [5, 5.41) is 0. The minimum atomic E-state index is 1.21. The van der Waals surface area contributed by atoms with Gasteiger partial charge in [0, 0.05) is 0 Å². The topological polar surface area (TPSA) is 4.44 Å². The Morgan fingerprint density at radius 1 is 1.30 bits per heavy atom. The molecule has 0 aliphatic carbocycles. The van der Waals surface area contributed by atoms with E-state index in [1.165, 1.54) is 28.1 Å². The molecule has 1 N–H and O–H groups in total. The molecule has 1 aliphatic heterocycles. The Morgan fingerprint density at radius 2 is 2.10 bits per heavy atom. The number of benzene rings is 1. The van der Waals surface area contributed by atoms with Crippen molar-refractivity contribution < 1.29 is 3.92 Å². The molecule has 1 nitrogen and oxygen atoms in total. The fourth-order valence-electron chi connectivity index (χ4n) is 1.39. The second kappa shape index (κ2) is 2.39. The van der Waals surface area contributed by atoms with Crippen LogP contribution in [0.25, 0.3) is 0 Å². The van der Waals surface area contributed by atoms with Crippen molar-refractivity contribution in [1.29, 1.82) is 0 Å². The molecule has 0 fully saturated rings. The van der Waals surface area contributed by atoms with Crippen LogP contribution < -0.4 is 3.92 Å². The third-order valence-corrected chi connectivity index (χ3v) is 2.83. The van der Waals surface area contributed by atoms with Crippen LogP contribution in [0.2, 0.25) is 0 Å². The average Bonchev–Trinajstić information content (AvgIpc) is 2.34. The van der Waals surface area contributed by atoms with Gasteiger partial charge in [-0.15, -0.1) is 0 Å². The number of rotatable bonds is 0. The summed E-state index contributed by atoms with van der Waals surface area (Å²) in [7, 11) is 0. The van der Waals surface area contributed by atoms with E-state index in [1.54, 1.807) is 0 Å². The molecular formula is C8H9NSe. The molecule has 1 heterocycles. The molecule has 1 unspecified atom stereocenters. The number of hydrogen-bond donors (Lipinski definition) is 1. The molecule has 1 aromatic carbocycles. The summed E-state index contributed by atoms with van der Waals surface area (Å²) in [5.41, 5.74) is 2.93. The van der Waals surface area contributed by atoms with E-state index in [1.807, 2.05) is 0 Å². The molecule has 0 spiro atoms. The van der Waals surface area contributed by atoms with E-state index in [4.69, 9.17) is 0 Å². The molecule has 0 saturated carbocycles. The van der Waals surface area contributed by atoms with Crippen molar-refractivity contribution in [3.05, 3.63) is 29.8 Å². The molecule has 0 bridgehead atoms. The Kier molecular flexibility index (Phi) is 1.53. The van der Waals surface area contributed by atoms with E-state index < -0.39 is 0 Å². The molecule has 1 aliphatic rings. The molecule has 2 heteroatoms. The molecule has 0 aromatic heterocycles. The normalized spacial score (nSPS) is 22.7. The van der Waals surface area contributed by atoms with Crippen molar-refractivity contribution in [2.45, 2.75) is 6.42 Å². The summed E-state index contributed by atoms with van der Waals surface area (Å²) >= 11 is 3.11. The van der Waals surface area contributed by atoms with E-state index in [9.17, 15) is 0 Å². The number of quaternary nitrogens is 1. The SMILES string of the molecule is [Se-][NH+]1CCc2ccccc21. The van der Waals surface area contributed by atoms with Crippen LogP contribution in [0.3, 0.4) is 0 Å². The molecule has 10 heavy (non-hydrogen) atoms. The quantitative estimate of drug-likeness (QED) is 0.552. The maximum atomic E-state index is 3.11. The van der Waals surface area contributed by atoms with Crippen LogP contribution in [-0.2, 0) is 6.42 Å². The number of para-hydroxylation sites is 1. The van der Waals surface area contributed by atoms with Crippen molar-refractivity contribution in [1.82, 2.24) is 0 Å². The third-order valence-electron chi connectivity index (χ3n) is 1.94. The van der Waals surface area contributed by atoms with Crippen molar-refractivity contribution in [3.8, 4) is 0 Å². The maximum absolute atomic E-state index is 3.11. The van der Waals surface area contributed by atoms with Gasteiger partial charge in [-0.3, -0.25) is 0 Å². The van der Waals surface area contributed by atoms with E-state index in [0.29, 0.717) is 0 Å². The predicted octanol–water partition coefficient (Wildman–Crippen LogP) is -0.157. The van der Waals surface area contributed by atoms with Crippen molar-refractivity contribution >= 4 is 21.9 Å². The number of fused-ring (bicyclic) bond motifs is 1. The molecular weight excluding hydrogens is 189 g/mol. The van der Waals surface area contributed by atoms with Gasteiger partial charge in [0.05, 0.1) is 0 Å². The van der Waals surface area contributed by atoms with E-state index in [2.05, 4.69) is 40.5 Å². The predicted molar refractivity (Wildman–Crippen MR) is 41.4 cm³/mol. The fraction of sp³-hybridized carbons (Fsp3) is 0.250. The molecule has 1 aromatic rings. The van der Waals surface area contributed by atoms with Crippen LogP contribution in [0.4, 0.5) is 5.69 Å². The van der Waals surface area contributed by atoms with Gasteiger partial charge in [0.2, 0.25) is 0 Å². The summed E-state index contributed by atoms with van der Waals surface area (Å²) in [6.45, 7) is 1.21. The van der Waals surface area contributed by atoms with Crippen LogP contribution in [0, 0.1) is 0 Å². The molecule has 1 atom stereocenters. The van der Waals surface area contributed by atoms with E-state index >= 15 is 0 Å². The first kappa shape index (κ1) is 6.41. The summed E-state index contributed by atoms with van der Waals surface area (Å²) in [4.78, 5) is 0. The van der Waals surface area contributed by atoms with Gasteiger partial charge in [-0.25, -0.2) is 0 Å². The van der Waals surface area contributed by atoms with Crippen LogP contribution >= 0.6 is 0 Å². The van der Waals surface area contributed by atoms with Gasteiger partial charge in [-0.1, -0.05) is 0 Å². The van der Waals surface area contributed by atoms with Crippen LogP contribution in [0.15, 0.2) is 24.3 Å². The standard InChI is InChI=1S/C8H9NSe/c10-9-6-5-7-3-1-2-4-8(7)9/h1-4,9H,5-6H2. The third kappa shape index (κ3) is 0.891. The Balaban J connectivity index is 2.51. The minimum absolute atomic E-state index is 1.21. The van der Waals surface area contributed by atoms with Crippen molar-refractivity contribution in [2.24, 2.45) is 0 Å². The zero-order valence-electron chi connectivity index (χ0n) is 5.63. The van der Waals surface area contributed by atoms with Crippen LogP contribution in [0.5, 0.6) is 0 Å². The molecule has 0 saturated heterocycles. The Labute approximate surface area is 69.1 Å². The Bertz CT molecular complexity index is 247. The van der Waals surface area contributed by atoms with E-state index in [0.717, 1.165) is 0 Å². The fourth-order valence-corrected chi connectivity index (χ4v) is 2.03. The van der Waals surface area contributed by atoms with E-state index in [-0.39, 0.29) is 0 Å². The Morgan fingerprint density at radius 3 is 2.90 bits per heavy atom. The number of nitrogens with one attached hydrogen (secondary N) is 1. The second-order valence-electron chi connectivity index (χ2n) is 2.58. The van der Waals surface area contributed by atoms with Crippen LogP contribution in [0.1, 0.15) is 5.56 Å².